The first-order valence-corrected chi connectivity index (χ1v) is 11.5. The largest absolute Gasteiger partial charge is 0.497 e. The van der Waals surface area contributed by atoms with Gasteiger partial charge in [-0.05, 0) is 42.0 Å². The molecule has 168 valence electrons. The molecule has 0 bridgehead atoms. The molecule has 7 heteroatoms. The SMILES string of the molecule is COc1cccc(Nc2nc3ccccc3nc2N2CCN(Cc3cccc(Cl)c3)CC2)c1. The molecule has 0 amide bonds. The quantitative estimate of drug-likeness (QED) is 0.419. The lowest BCUT2D eigenvalue weighted by atomic mass is 10.2. The van der Waals surface area contributed by atoms with Gasteiger partial charge in [-0.3, -0.25) is 4.90 Å². The Morgan fingerprint density at radius 1 is 0.879 bits per heavy atom. The van der Waals surface area contributed by atoms with Crippen molar-refractivity contribution < 1.29 is 4.74 Å². The van der Waals surface area contributed by atoms with E-state index in [1.54, 1.807) is 7.11 Å². The predicted octanol–water partition coefficient (Wildman–Crippen LogP) is 5.36. The van der Waals surface area contributed by atoms with Crippen molar-refractivity contribution in [3.05, 3.63) is 83.4 Å². The molecule has 1 N–H and O–H groups in total. The van der Waals surface area contributed by atoms with Gasteiger partial charge < -0.3 is 15.0 Å². The molecule has 0 saturated carbocycles. The molecule has 1 aromatic heterocycles. The van der Waals surface area contributed by atoms with Gasteiger partial charge in [-0.1, -0.05) is 41.9 Å². The van der Waals surface area contributed by atoms with Crippen LogP contribution < -0.4 is 15.0 Å². The third-order valence-electron chi connectivity index (χ3n) is 5.85. The fourth-order valence-electron chi connectivity index (χ4n) is 4.14. The summed E-state index contributed by atoms with van der Waals surface area (Å²) >= 11 is 6.16. The minimum Gasteiger partial charge on any atom is -0.497 e. The summed E-state index contributed by atoms with van der Waals surface area (Å²) in [5.41, 5.74) is 3.91. The first-order valence-electron chi connectivity index (χ1n) is 11.1. The number of piperazine rings is 1. The molecular formula is C26H26ClN5O. The predicted molar refractivity (Wildman–Crippen MR) is 135 cm³/mol. The summed E-state index contributed by atoms with van der Waals surface area (Å²) in [6.45, 7) is 4.53. The van der Waals surface area contributed by atoms with E-state index in [1.165, 1.54) is 5.56 Å². The average molecular weight is 460 g/mol. The molecular weight excluding hydrogens is 434 g/mol. The van der Waals surface area contributed by atoms with E-state index in [9.17, 15) is 0 Å². The number of para-hydroxylation sites is 2. The Labute approximate surface area is 198 Å². The molecule has 3 aromatic carbocycles. The molecule has 0 atom stereocenters. The highest BCUT2D eigenvalue weighted by atomic mass is 35.5. The van der Waals surface area contributed by atoms with Crippen LogP contribution in [0.25, 0.3) is 11.0 Å². The summed E-state index contributed by atoms with van der Waals surface area (Å²) in [4.78, 5) is 14.7. The van der Waals surface area contributed by atoms with Crippen LogP contribution in [0.3, 0.4) is 0 Å². The van der Waals surface area contributed by atoms with Crippen molar-refractivity contribution in [2.75, 3.05) is 43.5 Å². The molecule has 0 radical (unpaired) electrons. The highest BCUT2D eigenvalue weighted by Crippen LogP contribution is 2.30. The lowest BCUT2D eigenvalue weighted by Gasteiger charge is -2.36. The molecule has 1 aliphatic rings. The van der Waals surface area contributed by atoms with Gasteiger partial charge in [-0.25, -0.2) is 9.97 Å². The van der Waals surface area contributed by atoms with Crippen molar-refractivity contribution >= 4 is 40.0 Å². The Bertz CT molecular complexity index is 1260. The molecule has 33 heavy (non-hydrogen) atoms. The van der Waals surface area contributed by atoms with Gasteiger partial charge in [0.2, 0.25) is 0 Å². The summed E-state index contributed by atoms with van der Waals surface area (Å²) in [7, 11) is 1.67. The fourth-order valence-corrected chi connectivity index (χ4v) is 4.36. The normalized spacial score (nSPS) is 14.4. The Kier molecular flexibility index (Phi) is 6.28. The zero-order chi connectivity index (χ0) is 22.6. The van der Waals surface area contributed by atoms with E-state index in [0.717, 1.165) is 71.9 Å². The zero-order valence-electron chi connectivity index (χ0n) is 18.5. The van der Waals surface area contributed by atoms with E-state index in [2.05, 4.69) is 21.2 Å². The van der Waals surface area contributed by atoms with Gasteiger partial charge in [0.1, 0.15) is 5.75 Å². The van der Waals surface area contributed by atoms with Crippen LogP contribution in [0, 0.1) is 0 Å². The van der Waals surface area contributed by atoms with Crippen molar-refractivity contribution in [1.29, 1.82) is 0 Å². The van der Waals surface area contributed by atoms with Crippen molar-refractivity contribution in [3.8, 4) is 5.75 Å². The molecule has 0 unspecified atom stereocenters. The molecule has 5 rings (SSSR count). The third kappa shape index (κ3) is 5.02. The van der Waals surface area contributed by atoms with Crippen molar-refractivity contribution in [3.63, 3.8) is 0 Å². The average Bonchev–Trinajstić information content (AvgIpc) is 2.84. The zero-order valence-corrected chi connectivity index (χ0v) is 19.3. The second-order valence-electron chi connectivity index (χ2n) is 8.13. The molecule has 1 aliphatic heterocycles. The lowest BCUT2D eigenvalue weighted by molar-refractivity contribution is 0.249. The number of anilines is 3. The summed E-state index contributed by atoms with van der Waals surface area (Å²) in [5.74, 6) is 2.43. The minimum absolute atomic E-state index is 0.755. The van der Waals surface area contributed by atoms with Crippen LogP contribution in [-0.2, 0) is 6.54 Å². The topological polar surface area (TPSA) is 53.5 Å². The fraction of sp³-hybridized carbons (Fsp3) is 0.231. The van der Waals surface area contributed by atoms with Crippen LogP contribution in [0.2, 0.25) is 5.02 Å². The van der Waals surface area contributed by atoms with Gasteiger partial charge in [0.25, 0.3) is 0 Å². The number of methoxy groups -OCH3 is 1. The van der Waals surface area contributed by atoms with Crippen LogP contribution in [0.4, 0.5) is 17.3 Å². The molecule has 0 aliphatic carbocycles. The summed E-state index contributed by atoms with van der Waals surface area (Å²) < 4.78 is 5.38. The first-order chi connectivity index (χ1) is 16.2. The highest BCUT2D eigenvalue weighted by Gasteiger charge is 2.22. The van der Waals surface area contributed by atoms with Gasteiger partial charge in [0, 0.05) is 49.5 Å². The Balaban J connectivity index is 1.38. The Morgan fingerprint density at radius 3 is 2.39 bits per heavy atom. The maximum atomic E-state index is 6.16. The molecule has 6 nitrogen and oxygen atoms in total. The van der Waals surface area contributed by atoms with Crippen molar-refractivity contribution in [1.82, 2.24) is 14.9 Å². The standard InChI is InChI=1S/C26H26ClN5O/c1-33-22-9-5-8-21(17-22)28-25-26(30-24-11-3-2-10-23(24)29-25)32-14-12-31(13-15-32)18-19-6-4-7-20(27)16-19/h2-11,16-17H,12-15,18H2,1H3,(H,28,29). The Hall–Kier alpha value is -3.35. The van der Waals surface area contributed by atoms with Gasteiger partial charge in [-0.2, -0.15) is 0 Å². The minimum atomic E-state index is 0.755. The number of rotatable bonds is 6. The summed E-state index contributed by atoms with van der Waals surface area (Å²) in [6, 6.07) is 23.9. The van der Waals surface area contributed by atoms with Crippen molar-refractivity contribution in [2.24, 2.45) is 0 Å². The third-order valence-corrected chi connectivity index (χ3v) is 6.09. The number of benzene rings is 3. The van der Waals surface area contributed by atoms with Crippen LogP contribution in [-0.4, -0.2) is 48.2 Å². The number of hydrogen-bond acceptors (Lipinski definition) is 6. The van der Waals surface area contributed by atoms with Crippen LogP contribution in [0.15, 0.2) is 72.8 Å². The Morgan fingerprint density at radius 2 is 1.64 bits per heavy atom. The van der Waals surface area contributed by atoms with E-state index in [4.69, 9.17) is 26.3 Å². The monoisotopic (exact) mass is 459 g/mol. The highest BCUT2D eigenvalue weighted by molar-refractivity contribution is 6.30. The number of fused-ring (bicyclic) bond motifs is 1. The summed E-state index contributed by atoms with van der Waals surface area (Å²) in [6.07, 6.45) is 0. The van der Waals surface area contributed by atoms with E-state index in [0.29, 0.717) is 0 Å². The molecule has 1 fully saturated rings. The first kappa shape index (κ1) is 21.5. The number of nitrogens with one attached hydrogen (secondary N) is 1. The number of nitrogens with zero attached hydrogens (tertiary/aromatic N) is 4. The van der Waals surface area contributed by atoms with E-state index < -0.39 is 0 Å². The van der Waals surface area contributed by atoms with Crippen LogP contribution in [0.5, 0.6) is 5.75 Å². The van der Waals surface area contributed by atoms with Gasteiger partial charge >= 0.3 is 0 Å². The number of halogens is 1. The maximum absolute atomic E-state index is 6.16. The van der Waals surface area contributed by atoms with E-state index in [-0.39, 0.29) is 0 Å². The number of aromatic nitrogens is 2. The maximum Gasteiger partial charge on any atom is 0.174 e. The van der Waals surface area contributed by atoms with Gasteiger partial charge in [-0.15, -0.1) is 0 Å². The second kappa shape index (κ2) is 9.65. The summed E-state index contributed by atoms with van der Waals surface area (Å²) in [5, 5.41) is 4.25. The molecule has 0 spiro atoms. The van der Waals surface area contributed by atoms with Gasteiger partial charge in [0.15, 0.2) is 11.6 Å². The number of ether oxygens (including phenoxy) is 1. The smallest absolute Gasteiger partial charge is 0.174 e. The van der Waals surface area contributed by atoms with E-state index >= 15 is 0 Å². The molecule has 2 heterocycles. The van der Waals surface area contributed by atoms with Crippen molar-refractivity contribution in [2.45, 2.75) is 6.54 Å². The molecule has 4 aromatic rings. The van der Waals surface area contributed by atoms with Crippen LogP contribution >= 0.6 is 11.6 Å². The number of hydrogen-bond donors (Lipinski definition) is 1. The lowest BCUT2D eigenvalue weighted by Crippen LogP contribution is -2.46. The van der Waals surface area contributed by atoms with E-state index in [1.807, 2.05) is 66.7 Å². The van der Waals surface area contributed by atoms with Gasteiger partial charge in [0.05, 0.1) is 18.1 Å². The second-order valence-corrected chi connectivity index (χ2v) is 8.57. The molecule has 1 saturated heterocycles. The van der Waals surface area contributed by atoms with Crippen LogP contribution in [0.1, 0.15) is 5.56 Å².